The van der Waals surface area contributed by atoms with E-state index in [0.717, 1.165) is 66.9 Å². The van der Waals surface area contributed by atoms with Gasteiger partial charge in [-0.25, -0.2) is 9.97 Å². The van der Waals surface area contributed by atoms with Gasteiger partial charge in [0, 0.05) is 56.6 Å². The van der Waals surface area contributed by atoms with Gasteiger partial charge in [-0.2, -0.15) is 0 Å². The smallest absolute Gasteiger partial charge is 0.303 e. The Morgan fingerprint density at radius 1 is 0.641 bits per heavy atom. The summed E-state index contributed by atoms with van der Waals surface area (Å²) in [5.74, 6) is -1.75. The van der Waals surface area contributed by atoms with E-state index in [-0.39, 0.29) is 34.6 Å². The third-order valence-corrected chi connectivity index (χ3v) is 7.25. The zero-order chi connectivity index (χ0) is 27.1. The van der Waals surface area contributed by atoms with Crippen molar-refractivity contribution < 1.29 is 41.5 Å². The minimum absolute atomic E-state index is 0. The van der Waals surface area contributed by atoms with E-state index in [0.29, 0.717) is 24.2 Å². The summed E-state index contributed by atoms with van der Waals surface area (Å²) < 4.78 is 0. The second kappa shape index (κ2) is 11.2. The summed E-state index contributed by atoms with van der Waals surface area (Å²) in [6.45, 7) is 8.01. The summed E-state index contributed by atoms with van der Waals surface area (Å²) in [5.41, 5.74) is 12.4. The first-order valence-corrected chi connectivity index (χ1v) is 12.6. The molecule has 0 unspecified atom stereocenters. The third kappa shape index (κ3) is 5.82. The fraction of sp³-hybridized carbons (Fsp3) is 0.267. The topological polar surface area (TPSA) is 132 Å². The summed E-state index contributed by atoms with van der Waals surface area (Å²) in [6.07, 6.45) is 0.647. The molecule has 0 spiro atoms. The van der Waals surface area contributed by atoms with Crippen LogP contribution >= 0.6 is 0 Å². The van der Waals surface area contributed by atoms with Crippen LogP contribution in [0.4, 0.5) is 0 Å². The van der Waals surface area contributed by atoms with Gasteiger partial charge in [-0.15, -0.1) is 0 Å². The summed E-state index contributed by atoms with van der Waals surface area (Å²) in [4.78, 5) is 39.6. The van der Waals surface area contributed by atoms with Gasteiger partial charge in [0.2, 0.25) is 0 Å². The number of carboxylic acid groups (broad SMARTS) is 2. The number of H-pyrrole nitrogens is 2. The molecule has 8 bridgehead atoms. The predicted molar refractivity (Wildman–Crippen MR) is 149 cm³/mol. The van der Waals surface area contributed by atoms with Crippen LogP contribution in [-0.4, -0.2) is 42.1 Å². The molecule has 5 heterocycles. The van der Waals surface area contributed by atoms with Gasteiger partial charge in [-0.05, 0) is 110 Å². The molecule has 2 aliphatic rings. The molecule has 0 saturated heterocycles. The van der Waals surface area contributed by atoms with E-state index in [9.17, 15) is 19.8 Å². The fourth-order valence-corrected chi connectivity index (χ4v) is 5.10. The average molecular weight is 558 g/mol. The number of hydrogen-bond donors (Lipinski definition) is 4. The van der Waals surface area contributed by atoms with E-state index in [1.807, 2.05) is 39.0 Å². The molecular weight excluding hydrogens is 528 g/mol. The number of aliphatic carboxylic acids is 2. The molecule has 0 amide bonds. The van der Waals surface area contributed by atoms with E-state index in [1.165, 1.54) is 0 Å². The Hall–Kier alpha value is -3.75. The van der Waals surface area contributed by atoms with E-state index in [4.69, 9.17) is 9.97 Å². The summed E-state index contributed by atoms with van der Waals surface area (Å²) >= 11 is 0. The van der Waals surface area contributed by atoms with E-state index in [1.54, 1.807) is 0 Å². The molecule has 0 radical (unpaired) electrons. The molecule has 8 nitrogen and oxygen atoms in total. The van der Waals surface area contributed by atoms with Crippen LogP contribution in [0.3, 0.4) is 0 Å². The second-order valence-electron chi connectivity index (χ2n) is 9.98. The molecule has 4 N–H and O–H groups in total. The maximum Gasteiger partial charge on any atom is 0.303 e. The first-order valence-electron chi connectivity index (χ1n) is 12.6. The van der Waals surface area contributed by atoms with Gasteiger partial charge in [-0.1, -0.05) is 0 Å². The number of allylic oxidation sites excluding steroid dienone is 4. The quantitative estimate of drug-likeness (QED) is 0.255. The van der Waals surface area contributed by atoms with Crippen LogP contribution in [0.15, 0.2) is 36.4 Å². The Bertz CT molecular complexity index is 1730. The molecule has 39 heavy (non-hydrogen) atoms. The number of carbonyl (C=O) groups is 2. The van der Waals surface area contributed by atoms with Crippen molar-refractivity contribution >= 4 is 56.3 Å². The molecule has 0 atom stereocenters. The fourth-order valence-electron chi connectivity index (χ4n) is 5.10. The van der Waals surface area contributed by atoms with Gasteiger partial charge in [0.15, 0.2) is 0 Å². The summed E-state index contributed by atoms with van der Waals surface area (Å²) in [7, 11) is 0. The van der Waals surface area contributed by atoms with Gasteiger partial charge >= 0.3 is 11.9 Å². The SMILES string of the molecule is CC1=C(CCC(=O)O)c2cc3nc(cc4[nH]c(cc4C)cc4[nH]c(cc1n2)cc4C)C(C)=C3CCC(=O)O.[Ti]. The first kappa shape index (κ1) is 28.3. The van der Waals surface area contributed by atoms with Crippen molar-refractivity contribution in [2.75, 3.05) is 0 Å². The average Bonchev–Trinajstić information content (AvgIpc) is 3.53. The number of hydrogen-bond acceptors (Lipinski definition) is 4. The number of aromatic nitrogens is 4. The summed E-state index contributed by atoms with van der Waals surface area (Å²) in [5, 5.41) is 18.7. The van der Waals surface area contributed by atoms with Crippen LogP contribution in [0.1, 0.15) is 73.4 Å². The number of nitrogens with zero attached hydrogens (tertiary/aromatic N) is 2. The number of fused-ring (bicyclic) bond motifs is 8. The molecule has 0 fully saturated rings. The van der Waals surface area contributed by atoms with E-state index in [2.05, 4.69) is 35.1 Å². The van der Waals surface area contributed by atoms with Gasteiger partial charge in [0.25, 0.3) is 0 Å². The van der Waals surface area contributed by atoms with Crippen LogP contribution in [0.2, 0.25) is 0 Å². The Morgan fingerprint density at radius 2 is 1.08 bits per heavy atom. The molecule has 0 saturated carbocycles. The largest absolute Gasteiger partial charge is 0.481 e. The van der Waals surface area contributed by atoms with Crippen molar-refractivity contribution in [3.63, 3.8) is 0 Å². The van der Waals surface area contributed by atoms with Crippen molar-refractivity contribution in [3.05, 3.63) is 70.3 Å². The maximum atomic E-state index is 11.4. The Kier molecular flexibility index (Phi) is 8.09. The molecule has 9 heteroatoms. The van der Waals surface area contributed by atoms with Gasteiger partial charge in [-0.3, -0.25) is 9.59 Å². The van der Waals surface area contributed by atoms with Crippen molar-refractivity contribution in [3.8, 4) is 0 Å². The maximum absolute atomic E-state index is 11.4. The number of nitrogens with one attached hydrogen (secondary N) is 2. The Morgan fingerprint density at radius 3 is 1.56 bits per heavy atom. The van der Waals surface area contributed by atoms with Crippen molar-refractivity contribution in [2.24, 2.45) is 0 Å². The minimum atomic E-state index is -0.873. The van der Waals surface area contributed by atoms with Crippen LogP contribution in [-0.2, 0) is 31.3 Å². The summed E-state index contributed by atoms with van der Waals surface area (Å²) in [6, 6.07) is 12.1. The second-order valence-corrected chi connectivity index (χ2v) is 9.98. The third-order valence-electron chi connectivity index (χ3n) is 7.25. The van der Waals surface area contributed by atoms with Gasteiger partial charge in [0.1, 0.15) is 0 Å². The first-order chi connectivity index (χ1) is 18.1. The zero-order valence-electron chi connectivity index (χ0n) is 22.4. The van der Waals surface area contributed by atoms with E-state index < -0.39 is 11.9 Å². The molecule has 0 aliphatic carbocycles. The number of carboxylic acids is 2. The predicted octanol–water partition coefficient (Wildman–Crippen LogP) is 6.52. The molecule has 5 rings (SSSR count). The molecule has 3 aromatic heterocycles. The molecule has 3 aromatic rings. The van der Waals surface area contributed by atoms with Crippen LogP contribution < -0.4 is 0 Å². The zero-order valence-corrected chi connectivity index (χ0v) is 24.0. The van der Waals surface area contributed by atoms with Crippen LogP contribution in [0.25, 0.3) is 44.4 Å². The number of aromatic amines is 2. The standard InChI is InChI=1S/C30H30N4O4.Ti/c1-15-9-20-12-25-17(3)21(5-7-29(35)36)27(33-25)14-28-22(6-8-30(37)38)18(4)26(34-28)13-24-16(2)10-19(32-24)11-23(15)31-20;/h9-14,31-32H,5-8H2,1-4H3,(H,35,36)(H,37,38);. The van der Waals surface area contributed by atoms with E-state index >= 15 is 0 Å². The van der Waals surface area contributed by atoms with Crippen LogP contribution in [0.5, 0.6) is 0 Å². The molecule has 2 aliphatic heterocycles. The molecular formula is C30H30N4O4Ti. The molecule has 198 valence electrons. The molecule has 0 aromatic carbocycles. The Labute approximate surface area is 240 Å². The number of rotatable bonds is 6. The van der Waals surface area contributed by atoms with Crippen molar-refractivity contribution in [1.82, 2.24) is 19.9 Å². The Balaban J connectivity index is 0.00000353. The van der Waals surface area contributed by atoms with Crippen LogP contribution in [0, 0.1) is 13.8 Å². The normalized spacial score (nSPS) is 13.0. The van der Waals surface area contributed by atoms with Gasteiger partial charge in [0.05, 0.1) is 22.8 Å². The van der Waals surface area contributed by atoms with Crippen molar-refractivity contribution in [2.45, 2.75) is 53.4 Å². The van der Waals surface area contributed by atoms with Crippen molar-refractivity contribution in [1.29, 1.82) is 0 Å². The number of aryl methyl sites for hydroxylation is 2. The minimum Gasteiger partial charge on any atom is -0.481 e. The monoisotopic (exact) mass is 558 g/mol. The van der Waals surface area contributed by atoms with Gasteiger partial charge < -0.3 is 20.2 Å².